The number of nitrogens with one attached hydrogen (secondary N) is 2. The number of benzene rings is 1. The number of hydrazine groups is 1. The molecular weight excluding hydrogens is 388 g/mol. The predicted octanol–water partition coefficient (Wildman–Crippen LogP) is 2.98. The van der Waals surface area contributed by atoms with Gasteiger partial charge in [-0.2, -0.15) is 0 Å². The van der Waals surface area contributed by atoms with E-state index in [2.05, 4.69) is 20.8 Å². The van der Waals surface area contributed by atoms with Crippen molar-refractivity contribution in [3.8, 4) is 16.3 Å². The molecule has 0 aliphatic rings. The van der Waals surface area contributed by atoms with Gasteiger partial charge in [-0.3, -0.25) is 25.4 Å². The molecule has 0 radical (unpaired) electrons. The molecule has 1 aromatic carbocycles. The van der Waals surface area contributed by atoms with Crippen molar-refractivity contribution in [2.45, 2.75) is 33.3 Å². The number of aromatic nitrogens is 2. The molecule has 2 heterocycles. The molecule has 1 unspecified atom stereocenters. The van der Waals surface area contributed by atoms with Crippen LogP contribution in [0.4, 0.5) is 0 Å². The van der Waals surface area contributed by atoms with E-state index in [-0.39, 0.29) is 12.3 Å². The van der Waals surface area contributed by atoms with E-state index in [0.717, 1.165) is 21.7 Å². The van der Waals surface area contributed by atoms with Crippen LogP contribution in [0.3, 0.4) is 0 Å². The quantitative estimate of drug-likeness (QED) is 0.610. The zero-order valence-corrected chi connectivity index (χ0v) is 17.2. The van der Waals surface area contributed by atoms with Gasteiger partial charge in [0, 0.05) is 23.3 Å². The Labute approximate surface area is 173 Å². The number of rotatable bonds is 6. The molecule has 0 bridgehead atoms. The fraction of sp³-hybridized carbons (Fsp3) is 0.238. The first kappa shape index (κ1) is 20.5. The second kappa shape index (κ2) is 9.29. The van der Waals surface area contributed by atoms with Crippen molar-refractivity contribution in [2.75, 3.05) is 0 Å². The molecule has 29 heavy (non-hydrogen) atoms. The molecule has 0 saturated heterocycles. The third-order valence-electron chi connectivity index (χ3n) is 4.35. The molecule has 0 aliphatic carbocycles. The number of ether oxygens (including phenoxy) is 1. The van der Waals surface area contributed by atoms with Crippen molar-refractivity contribution in [1.29, 1.82) is 0 Å². The highest BCUT2D eigenvalue weighted by Crippen LogP contribution is 2.23. The lowest BCUT2D eigenvalue weighted by Crippen LogP contribution is -2.47. The van der Waals surface area contributed by atoms with Gasteiger partial charge in [-0.1, -0.05) is 12.1 Å². The minimum atomic E-state index is -0.757. The largest absolute Gasteiger partial charge is 0.481 e. The Morgan fingerprint density at radius 3 is 2.76 bits per heavy atom. The average molecular weight is 410 g/mol. The summed E-state index contributed by atoms with van der Waals surface area (Å²) in [5.74, 6) is -0.154. The van der Waals surface area contributed by atoms with Crippen LogP contribution >= 0.6 is 11.3 Å². The number of hydrogen-bond donors (Lipinski definition) is 2. The Bertz CT molecular complexity index is 1000. The number of hydrogen-bond acceptors (Lipinski definition) is 6. The van der Waals surface area contributed by atoms with Gasteiger partial charge in [-0.25, -0.2) is 4.98 Å². The molecule has 1 atom stereocenters. The number of amides is 2. The van der Waals surface area contributed by atoms with Gasteiger partial charge in [0.15, 0.2) is 6.10 Å². The molecule has 0 spiro atoms. The van der Waals surface area contributed by atoms with Gasteiger partial charge in [-0.15, -0.1) is 11.3 Å². The highest BCUT2D eigenvalue weighted by molar-refractivity contribution is 7.13. The molecule has 3 rings (SSSR count). The van der Waals surface area contributed by atoms with E-state index in [1.165, 1.54) is 11.3 Å². The van der Waals surface area contributed by atoms with Crippen LogP contribution in [0.5, 0.6) is 5.75 Å². The summed E-state index contributed by atoms with van der Waals surface area (Å²) >= 11 is 1.44. The fourth-order valence-electron chi connectivity index (χ4n) is 2.55. The predicted molar refractivity (Wildman–Crippen MR) is 111 cm³/mol. The normalized spacial score (nSPS) is 11.6. The number of thiazole rings is 1. The topological polar surface area (TPSA) is 93.2 Å². The van der Waals surface area contributed by atoms with Crippen LogP contribution in [0.25, 0.3) is 10.6 Å². The van der Waals surface area contributed by atoms with Gasteiger partial charge in [0.05, 0.1) is 12.1 Å². The van der Waals surface area contributed by atoms with Crippen LogP contribution in [0.2, 0.25) is 0 Å². The standard InChI is InChI=1S/C21H22N4O3S/c1-13-6-4-8-18(14(13)2)28-15(3)20(27)25-24-19(26)10-17-12-29-21(23-17)16-7-5-9-22-11-16/h4-9,11-12,15H,10H2,1-3H3,(H,24,26)(H,25,27). The van der Waals surface area contributed by atoms with E-state index in [4.69, 9.17) is 4.74 Å². The second-order valence-corrected chi connectivity index (χ2v) is 7.42. The number of pyridine rings is 1. The maximum Gasteiger partial charge on any atom is 0.279 e. The molecule has 0 saturated carbocycles. The maximum absolute atomic E-state index is 12.2. The minimum absolute atomic E-state index is 0.0588. The average Bonchev–Trinajstić information content (AvgIpc) is 3.18. The summed E-state index contributed by atoms with van der Waals surface area (Å²) in [7, 11) is 0. The van der Waals surface area contributed by atoms with Crippen molar-refractivity contribution < 1.29 is 14.3 Å². The molecule has 7 nitrogen and oxygen atoms in total. The van der Waals surface area contributed by atoms with Crippen molar-refractivity contribution >= 4 is 23.2 Å². The van der Waals surface area contributed by atoms with E-state index in [0.29, 0.717) is 11.4 Å². The molecule has 2 N–H and O–H groups in total. The molecular formula is C21H22N4O3S. The lowest BCUT2D eigenvalue weighted by molar-refractivity contribution is -0.132. The van der Waals surface area contributed by atoms with Crippen LogP contribution in [-0.2, 0) is 16.0 Å². The van der Waals surface area contributed by atoms with E-state index < -0.39 is 12.0 Å². The lowest BCUT2D eigenvalue weighted by Gasteiger charge is -2.17. The van der Waals surface area contributed by atoms with Gasteiger partial charge in [0.2, 0.25) is 5.91 Å². The van der Waals surface area contributed by atoms with Crippen LogP contribution in [-0.4, -0.2) is 27.9 Å². The smallest absolute Gasteiger partial charge is 0.279 e. The second-order valence-electron chi connectivity index (χ2n) is 6.56. The van der Waals surface area contributed by atoms with Gasteiger partial charge < -0.3 is 4.74 Å². The highest BCUT2D eigenvalue weighted by atomic mass is 32.1. The van der Waals surface area contributed by atoms with Gasteiger partial charge in [0.25, 0.3) is 5.91 Å². The summed E-state index contributed by atoms with van der Waals surface area (Å²) in [4.78, 5) is 32.8. The Kier molecular flexibility index (Phi) is 6.56. The summed E-state index contributed by atoms with van der Waals surface area (Å²) in [5, 5.41) is 2.61. The van der Waals surface area contributed by atoms with Crippen molar-refractivity contribution in [3.05, 3.63) is 64.9 Å². The van der Waals surface area contributed by atoms with Crippen molar-refractivity contribution in [2.24, 2.45) is 0 Å². The van der Waals surface area contributed by atoms with Crippen LogP contribution in [0.15, 0.2) is 48.1 Å². The molecule has 150 valence electrons. The highest BCUT2D eigenvalue weighted by Gasteiger charge is 2.17. The first-order valence-corrected chi connectivity index (χ1v) is 9.98. The molecule has 3 aromatic rings. The molecule has 2 aromatic heterocycles. The third kappa shape index (κ3) is 5.39. The van der Waals surface area contributed by atoms with Crippen molar-refractivity contribution in [1.82, 2.24) is 20.8 Å². The number of carbonyl (C=O) groups excluding carboxylic acids is 2. The van der Waals surface area contributed by atoms with Crippen molar-refractivity contribution in [3.63, 3.8) is 0 Å². The Morgan fingerprint density at radius 1 is 1.17 bits per heavy atom. The minimum Gasteiger partial charge on any atom is -0.481 e. The summed E-state index contributed by atoms with van der Waals surface area (Å²) in [6, 6.07) is 9.41. The summed E-state index contributed by atoms with van der Waals surface area (Å²) in [5.41, 5.74) is 8.38. The SMILES string of the molecule is Cc1cccc(OC(C)C(=O)NNC(=O)Cc2csc(-c3cccnc3)n2)c1C. The van der Waals surface area contributed by atoms with Crippen LogP contribution in [0, 0.1) is 13.8 Å². The molecule has 2 amide bonds. The summed E-state index contributed by atoms with van der Waals surface area (Å²) in [6.45, 7) is 5.54. The zero-order chi connectivity index (χ0) is 20.8. The Morgan fingerprint density at radius 2 is 2.00 bits per heavy atom. The van der Waals surface area contributed by atoms with E-state index >= 15 is 0 Å². The summed E-state index contributed by atoms with van der Waals surface area (Å²) in [6.07, 6.45) is 2.72. The van der Waals surface area contributed by atoms with E-state index in [1.54, 1.807) is 19.3 Å². The molecule has 8 heteroatoms. The number of carbonyl (C=O) groups is 2. The lowest BCUT2D eigenvalue weighted by atomic mass is 10.1. The zero-order valence-electron chi connectivity index (χ0n) is 16.4. The fourth-order valence-corrected chi connectivity index (χ4v) is 3.36. The van der Waals surface area contributed by atoms with Gasteiger partial charge >= 0.3 is 0 Å². The third-order valence-corrected chi connectivity index (χ3v) is 5.30. The number of nitrogens with zero attached hydrogens (tertiary/aromatic N) is 2. The molecule has 0 fully saturated rings. The summed E-state index contributed by atoms with van der Waals surface area (Å²) < 4.78 is 5.71. The first-order valence-electron chi connectivity index (χ1n) is 9.10. The van der Waals surface area contributed by atoms with Crippen LogP contribution in [0.1, 0.15) is 23.7 Å². The molecule has 0 aliphatic heterocycles. The van der Waals surface area contributed by atoms with Gasteiger partial charge in [0.1, 0.15) is 10.8 Å². The first-order chi connectivity index (χ1) is 13.9. The maximum atomic E-state index is 12.2. The Balaban J connectivity index is 1.49. The van der Waals surface area contributed by atoms with E-state index in [9.17, 15) is 9.59 Å². The Hall–Kier alpha value is -3.26. The van der Waals surface area contributed by atoms with E-state index in [1.807, 2.05) is 49.6 Å². The monoisotopic (exact) mass is 410 g/mol. The number of aryl methyl sites for hydroxylation is 1. The van der Waals surface area contributed by atoms with Crippen LogP contribution < -0.4 is 15.6 Å². The van der Waals surface area contributed by atoms with Gasteiger partial charge in [-0.05, 0) is 50.1 Å².